The highest BCUT2D eigenvalue weighted by Crippen LogP contribution is 2.45. The summed E-state index contributed by atoms with van der Waals surface area (Å²) in [5, 5.41) is 13.8. The van der Waals surface area contributed by atoms with Crippen molar-refractivity contribution in [2.75, 3.05) is 20.2 Å². The Morgan fingerprint density at radius 3 is 3.00 bits per heavy atom. The maximum atomic E-state index is 12.8. The highest BCUT2D eigenvalue weighted by atomic mass is 16.3. The number of nitrogens with one attached hydrogen (secondary N) is 2. The zero-order valence-electron chi connectivity index (χ0n) is 15.9. The molecule has 1 aliphatic carbocycles. The lowest BCUT2D eigenvalue weighted by atomic mass is 9.72. The van der Waals surface area contributed by atoms with Gasteiger partial charge in [-0.3, -0.25) is 4.79 Å². The van der Waals surface area contributed by atoms with E-state index in [-0.39, 0.29) is 24.5 Å². The van der Waals surface area contributed by atoms with Crippen LogP contribution in [0.5, 0.6) is 0 Å². The van der Waals surface area contributed by atoms with Crippen LogP contribution in [0.15, 0.2) is 18.2 Å². The van der Waals surface area contributed by atoms with Crippen LogP contribution >= 0.6 is 0 Å². The van der Waals surface area contributed by atoms with Gasteiger partial charge in [-0.25, -0.2) is 0 Å². The number of likely N-dealkylation sites (tertiary alicyclic amines) is 1. The molecule has 1 amide bonds. The Balaban J connectivity index is 1.65. The van der Waals surface area contributed by atoms with Crippen LogP contribution in [-0.4, -0.2) is 53.2 Å². The van der Waals surface area contributed by atoms with E-state index in [1.165, 1.54) is 27.7 Å². The topological polar surface area (TPSA) is 68.4 Å². The smallest absolute Gasteiger partial charge is 0.224 e. The molecule has 0 radical (unpaired) electrons. The van der Waals surface area contributed by atoms with Crippen molar-refractivity contribution in [2.24, 2.45) is 5.92 Å². The van der Waals surface area contributed by atoms with Crippen molar-refractivity contribution in [3.8, 4) is 0 Å². The highest BCUT2D eigenvalue weighted by molar-refractivity contribution is 5.90. The number of aliphatic hydroxyl groups excluding tert-OH is 1. The number of hydrogen-bond acceptors (Lipinski definition) is 3. The van der Waals surface area contributed by atoms with Crippen molar-refractivity contribution in [2.45, 2.75) is 51.1 Å². The third kappa shape index (κ3) is 2.74. The standard InChI is InChI=1S/C21H29N3O2/c1-4-14(11-25)23-21(26)13-8-17-15-6-5-7-18-20(15)16(12(2)22-18)9-19(17)24(3)10-13/h5-7,13-14,17,19,22,25H,4,8-11H2,1-3H3,(H,23,26). The second-order valence-electron chi connectivity index (χ2n) is 8.04. The first kappa shape index (κ1) is 17.6. The van der Waals surface area contributed by atoms with Gasteiger partial charge in [0.15, 0.2) is 0 Å². The Bertz CT molecular complexity index is 824. The molecule has 4 rings (SSSR count). The number of piperidine rings is 1. The van der Waals surface area contributed by atoms with Crippen LogP contribution in [0.4, 0.5) is 0 Å². The average molecular weight is 355 g/mol. The van der Waals surface area contributed by atoms with Crippen LogP contribution in [0.1, 0.15) is 42.5 Å². The summed E-state index contributed by atoms with van der Waals surface area (Å²) < 4.78 is 0. The first-order valence-electron chi connectivity index (χ1n) is 9.75. The second-order valence-corrected chi connectivity index (χ2v) is 8.04. The maximum absolute atomic E-state index is 12.8. The quantitative estimate of drug-likeness (QED) is 0.788. The number of H-pyrrole nitrogens is 1. The predicted octanol–water partition coefficient (Wildman–Crippen LogP) is 2.32. The van der Waals surface area contributed by atoms with E-state index in [2.05, 4.69) is 47.4 Å². The minimum absolute atomic E-state index is 0.00213. The van der Waals surface area contributed by atoms with Crippen molar-refractivity contribution < 1.29 is 9.90 Å². The van der Waals surface area contributed by atoms with Gasteiger partial charge in [-0.1, -0.05) is 19.1 Å². The normalized spacial score (nSPS) is 26.5. The van der Waals surface area contributed by atoms with Gasteiger partial charge in [-0.05, 0) is 50.4 Å². The Morgan fingerprint density at radius 1 is 1.46 bits per heavy atom. The van der Waals surface area contributed by atoms with E-state index < -0.39 is 0 Å². The molecular formula is C21H29N3O2. The molecule has 2 heterocycles. The first-order chi connectivity index (χ1) is 12.5. The van der Waals surface area contributed by atoms with Crippen molar-refractivity contribution in [1.82, 2.24) is 15.2 Å². The van der Waals surface area contributed by atoms with Gasteiger partial charge < -0.3 is 20.3 Å². The monoisotopic (exact) mass is 355 g/mol. The Morgan fingerprint density at radius 2 is 2.27 bits per heavy atom. The van der Waals surface area contributed by atoms with Crippen LogP contribution < -0.4 is 5.32 Å². The summed E-state index contributed by atoms with van der Waals surface area (Å²) in [6.45, 7) is 4.94. The zero-order chi connectivity index (χ0) is 18.4. The van der Waals surface area contributed by atoms with E-state index in [0.717, 1.165) is 25.8 Å². The SMILES string of the molecule is CCC(CO)NC(=O)C1CC2c3cccc4[nH]c(C)c(c34)CC2N(C)C1. The van der Waals surface area contributed by atoms with Crippen molar-refractivity contribution in [3.05, 3.63) is 35.0 Å². The number of benzene rings is 1. The fourth-order valence-electron chi connectivity index (χ4n) is 5.00. The molecule has 3 N–H and O–H groups in total. The summed E-state index contributed by atoms with van der Waals surface area (Å²) in [6.07, 6.45) is 2.68. The molecule has 1 aliphatic heterocycles. The van der Waals surface area contributed by atoms with Gasteiger partial charge in [-0.15, -0.1) is 0 Å². The van der Waals surface area contributed by atoms with E-state index >= 15 is 0 Å². The number of aromatic nitrogens is 1. The molecule has 4 atom stereocenters. The van der Waals surface area contributed by atoms with Gasteiger partial charge in [0.05, 0.1) is 18.6 Å². The molecule has 5 heteroatoms. The Hall–Kier alpha value is -1.85. The van der Waals surface area contributed by atoms with E-state index in [1.807, 2.05) is 6.92 Å². The number of amides is 1. The van der Waals surface area contributed by atoms with Crippen LogP contribution in [0, 0.1) is 12.8 Å². The molecule has 1 aromatic carbocycles. The van der Waals surface area contributed by atoms with Crippen LogP contribution in [0.2, 0.25) is 0 Å². The van der Waals surface area contributed by atoms with Crippen LogP contribution in [0.3, 0.4) is 0 Å². The van der Waals surface area contributed by atoms with Gasteiger partial charge in [0.25, 0.3) is 0 Å². The lowest BCUT2D eigenvalue weighted by Gasteiger charge is -2.45. The van der Waals surface area contributed by atoms with E-state index in [9.17, 15) is 9.90 Å². The number of aromatic amines is 1. The Labute approximate surface area is 154 Å². The van der Waals surface area contributed by atoms with E-state index in [4.69, 9.17) is 0 Å². The molecule has 1 saturated heterocycles. The van der Waals surface area contributed by atoms with Crippen LogP contribution in [-0.2, 0) is 11.2 Å². The van der Waals surface area contributed by atoms with Gasteiger partial charge in [0.1, 0.15) is 0 Å². The molecule has 1 fully saturated rings. The highest BCUT2D eigenvalue weighted by Gasteiger charge is 2.42. The third-order valence-electron chi connectivity index (χ3n) is 6.49. The first-order valence-corrected chi connectivity index (χ1v) is 9.75. The largest absolute Gasteiger partial charge is 0.394 e. The number of carbonyl (C=O) groups is 1. The fraction of sp³-hybridized carbons (Fsp3) is 0.571. The summed E-state index contributed by atoms with van der Waals surface area (Å²) >= 11 is 0. The number of rotatable bonds is 4. The number of aliphatic hydroxyl groups is 1. The maximum Gasteiger partial charge on any atom is 0.224 e. The van der Waals surface area contributed by atoms with Crippen molar-refractivity contribution in [1.29, 1.82) is 0 Å². The summed E-state index contributed by atoms with van der Waals surface area (Å²) in [7, 11) is 2.15. The molecular weight excluding hydrogens is 326 g/mol. The Kier molecular flexibility index (Phi) is 4.53. The summed E-state index contributed by atoms with van der Waals surface area (Å²) in [5.41, 5.74) is 5.32. The molecule has 2 aromatic rings. The molecule has 0 spiro atoms. The van der Waals surface area contributed by atoms with Crippen LogP contribution in [0.25, 0.3) is 10.9 Å². The van der Waals surface area contributed by atoms with Crippen molar-refractivity contribution >= 4 is 16.8 Å². The van der Waals surface area contributed by atoms with Crippen molar-refractivity contribution in [3.63, 3.8) is 0 Å². The number of hydrogen-bond donors (Lipinski definition) is 3. The molecule has 1 aromatic heterocycles. The lowest BCUT2D eigenvalue weighted by molar-refractivity contribution is -0.128. The van der Waals surface area contributed by atoms with Gasteiger partial charge in [0, 0.05) is 35.1 Å². The average Bonchev–Trinajstić information content (AvgIpc) is 2.97. The third-order valence-corrected chi connectivity index (χ3v) is 6.49. The molecule has 0 bridgehead atoms. The summed E-state index contributed by atoms with van der Waals surface area (Å²) in [5.74, 6) is 0.434. The number of fused-ring (bicyclic) bond motifs is 2. The van der Waals surface area contributed by atoms with E-state index in [0.29, 0.717) is 12.0 Å². The fourth-order valence-corrected chi connectivity index (χ4v) is 5.00. The van der Waals surface area contributed by atoms with Gasteiger partial charge in [0.2, 0.25) is 5.91 Å². The molecule has 5 nitrogen and oxygen atoms in total. The molecule has 0 saturated carbocycles. The number of nitrogens with zero attached hydrogens (tertiary/aromatic N) is 1. The van der Waals surface area contributed by atoms with E-state index in [1.54, 1.807) is 0 Å². The molecule has 2 aliphatic rings. The minimum Gasteiger partial charge on any atom is -0.394 e. The molecule has 140 valence electrons. The number of carbonyl (C=O) groups excluding carboxylic acids is 1. The molecule has 26 heavy (non-hydrogen) atoms. The summed E-state index contributed by atoms with van der Waals surface area (Å²) in [4.78, 5) is 18.7. The summed E-state index contributed by atoms with van der Waals surface area (Å²) in [6, 6.07) is 6.83. The van der Waals surface area contributed by atoms with Gasteiger partial charge in [-0.2, -0.15) is 0 Å². The number of aryl methyl sites for hydroxylation is 1. The number of likely N-dealkylation sites (N-methyl/N-ethyl adjacent to an activating group) is 1. The lowest BCUT2D eigenvalue weighted by Crippen LogP contribution is -2.52. The minimum atomic E-state index is -0.140. The molecule has 4 unspecified atom stereocenters. The van der Waals surface area contributed by atoms with Gasteiger partial charge >= 0.3 is 0 Å². The predicted molar refractivity (Wildman–Crippen MR) is 103 cm³/mol. The second kappa shape index (κ2) is 6.71. The zero-order valence-corrected chi connectivity index (χ0v) is 15.9.